The largest absolute Gasteiger partial charge is 0.336 e. The number of hydrogen-bond donors (Lipinski definition) is 2. The molecule has 2 amide bonds. The van der Waals surface area contributed by atoms with Crippen molar-refractivity contribution < 1.29 is 32.0 Å². The number of halogens is 4. The predicted octanol–water partition coefficient (Wildman–Crippen LogP) is 2.87. The van der Waals surface area contributed by atoms with Gasteiger partial charge < -0.3 is 5.32 Å². The van der Waals surface area contributed by atoms with E-state index in [4.69, 9.17) is 4.84 Å². The summed E-state index contributed by atoms with van der Waals surface area (Å²) in [4.78, 5) is 32.0. The van der Waals surface area contributed by atoms with Crippen molar-refractivity contribution in [3.63, 3.8) is 0 Å². The molecule has 0 aliphatic carbocycles. The second kappa shape index (κ2) is 9.57. The summed E-state index contributed by atoms with van der Waals surface area (Å²) in [5, 5.41) is 9.34. The third-order valence-corrected chi connectivity index (χ3v) is 4.01. The number of anilines is 1. The average molecular weight is 429 g/mol. The predicted molar refractivity (Wildman–Crippen MR) is 97.0 cm³/mol. The molecule has 2 heterocycles. The second-order valence-electron chi connectivity index (χ2n) is 6.45. The molecule has 2 aromatic rings. The molecule has 30 heavy (non-hydrogen) atoms. The number of aryl methyl sites for hydroxylation is 1. The zero-order valence-corrected chi connectivity index (χ0v) is 16.2. The molecule has 0 bridgehead atoms. The lowest BCUT2D eigenvalue weighted by Gasteiger charge is -2.30. The molecular formula is C18H19F4N5O3. The van der Waals surface area contributed by atoms with Gasteiger partial charge in [0.1, 0.15) is 5.82 Å². The Hall–Kier alpha value is -3.15. The molecule has 0 spiro atoms. The number of nitrogens with zero attached hydrogens (tertiary/aromatic N) is 3. The van der Waals surface area contributed by atoms with Gasteiger partial charge in [0.2, 0.25) is 5.91 Å². The van der Waals surface area contributed by atoms with Crippen molar-refractivity contribution >= 4 is 17.6 Å². The number of rotatable bonds is 8. The van der Waals surface area contributed by atoms with Gasteiger partial charge in [-0.3, -0.25) is 14.4 Å². The van der Waals surface area contributed by atoms with E-state index in [-0.39, 0.29) is 17.1 Å². The van der Waals surface area contributed by atoms with Crippen LogP contribution in [0, 0.1) is 6.92 Å². The first-order valence-corrected chi connectivity index (χ1v) is 8.68. The van der Waals surface area contributed by atoms with Gasteiger partial charge in [0.05, 0.1) is 0 Å². The molecule has 0 radical (unpaired) electrons. The maximum absolute atomic E-state index is 14.3. The van der Waals surface area contributed by atoms with Gasteiger partial charge in [-0.05, 0) is 36.8 Å². The number of alkyl halides is 4. The number of hydrogen-bond acceptors (Lipinski definition) is 6. The fourth-order valence-corrected chi connectivity index (χ4v) is 2.61. The topological polar surface area (TPSA) is 106 Å². The van der Waals surface area contributed by atoms with E-state index < -0.39 is 36.2 Å². The molecule has 0 aliphatic rings. The van der Waals surface area contributed by atoms with Crippen molar-refractivity contribution in [2.24, 2.45) is 0 Å². The fourth-order valence-electron chi connectivity index (χ4n) is 2.61. The highest BCUT2D eigenvalue weighted by molar-refractivity contribution is 5.91. The lowest BCUT2D eigenvalue weighted by atomic mass is 9.91. The Morgan fingerprint density at radius 3 is 2.50 bits per heavy atom. The molecule has 8 nitrogen and oxygen atoms in total. The van der Waals surface area contributed by atoms with E-state index in [1.54, 1.807) is 12.4 Å². The van der Waals surface area contributed by atoms with Crippen molar-refractivity contribution in [3.05, 3.63) is 47.4 Å². The first-order chi connectivity index (χ1) is 14.0. The highest BCUT2D eigenvalue weighted by atomic mass is 19.3. The van der Waals surface area contributed by atoms with Crippen LogP contribution in [0.5, 0.6) is 0 Å². The van der Waals surface area contributed by atoms with E-state index >= 15 is 0 Å². The highest BCUT2D eigenvalue weighted by Gasteiger charge is 2.53. The minimum Gasteiger partial charge on any atom is -0.311 e. The molecule has 162 valence electrons. The van der Waals surface area contributed by atoms with E-state index in [0.717, 1.165) is 0 Å². The van der Waals surface area contributed by atoms with E-state index in [9.17, 15) is 27.2 Å². The molecule has 0 aromatic carbocycles. The zero-order chi connectivity index (χ0) is 22.5. The lowest BCUT2D eigenvalue weighted by Crippen LogP contribution is -2.48. The van der Waals surface area contributed by atoms with Crippen molar-refractivity contribution in [2.45, 2.75) is 45.1 Å². The van der Waals surface area contributed by atoms with Crippen molar-refractivity contribution in [1.82, 2.24) is 20.7 Å². The van der Waals surface area contributed by atoms with Gasteiger partial charge in [0, 0.05) is 24.7 Å². The van der Waals surface area contributed by atoms with Gasteiger partial charge in [0.25, 0.3) is 5.91 Å². The number of nitrogens with one attached hydrogen (secondary N) is 2. The molecule has 12 heteroatoms. The summed E-state index contributed by atoms with van der Waals surface area (Å²) >= 11 is 0. The van der Waals surface area contributed by atoms with Gasteiger partial charge in [-0.15, -0.1) is 5.10 Å². The first-order valence-electron chi connectivity index (χ1n) is 8.68. The number of carbonyl (C=O) groups is 2. The second-order valence-corrected chi connectivity index (χ2v) is 6.45. The van der Waals surface area contributed by atoms with Crippen LogP contribution in [0.1, 0.15) is 41.5 Å². The van der Waals surface area contributed by atoms with Crippen LogP contribution >= 0.6 is 0 Å². The Morgan fingerprint density at radius 1 is 1.23 bits per heavy atom. The minimum absolute atomic E-state index is 0.0621. The quantitative estimate of drug-likeness (QED) is 0.494. The highest BCUT2D eigenvalue weighted by Crippen LogP contribution is 2.37. The molecule has 2 unspecified atom stereocenters. The van der Waals surface area contributed by atoms with E-state index in [2.05, 4.69) is 20.5 Å². The van der Waals surface area contributed by atoms with Crippen LogP contribution in [0.3, 0.4) is 0 Å². The maximum atomic E-state index is 14.3. The van der Waals surface area contributed by atoms with Gasteiger partial charge in [0.15, 0.2) is 11.8 Å². The van der Waals surface area contributed by atoms with Gasteiger partial charge in [-0.1, -0.05) is 6.92 Å². The SMILES string of the molecule is CC(=O)Nc1cc(C(C)C(ONC(=O)c2cccnn2)C(F)(F)C(F)F)cc(C)n1. The average Bonchev–Trinajstić information content (AvgIpc) is 2.67. The van der Waals surface area contributed by atoms with Crippen molar-refractivity contribution in [1.29, 1.82) is 0 Å². The van der Waals surface area contributed by atoms with Crippen LogP contribution in [0.15, 0.2) is 30.5 Å². The molecule has 0 fully saturated rings. The summed E-state index contributed by atoms with van der Waals surface area (Å²) in [5.74, 6) is -7.36. The van der Waals surface area contributed by atoms with E-state index in [1.165, 1.54) is 44.3 Å². The first kappa shape index (κ1) is 23.1. The van der Waals surface area contributed by atoms with Gasteiger partial charge >= 0.3 is 12.3 Å². The lowest BCUT2D eigenvalue weighted by molar-refractivity contribution is -0.224. The monoisotopic (exact) mass is 429 g/mol. The molecule has 0 saturated heterocycles. The Morgan fingerprint density at radius 2 is 1.93 bits per heavy atom. The third kappa shape index (κ3) is 5.69. The van der Waals surface area contributed by atoms with Crippen LogP contribution in [0.4, 0.5) is 23.4 Å². The summed E-state index contributed by atoms with van der Waals surface area (Å²) in [6, 6.07) is 5.26. The summed E-state index contributed by atoms with van der Waals surface area (Å²) in [5.41, 5.74) is 1.98. The number of carbonyl (C=O) groups excluding carboxylic acids is 2. The summed E-state index contributed by atoms with van der Waals surface area (Å²) in [6.45, 7) is 3.99. The summed E-state index contributed by atoms with van der Waals surface area (Å²) in [6.07, 6.45) is -5.22. The van der Waals surface area contributed by atoms with Crippen LogP contribution in [-0.4, -0.2) is 45.4 Å². The molecular weight excluding hydrogens is 410 g/mol. The molecule has 2 N–H and O–H groups in total. The maximum Gasteiger partial charge on any atom is 0.336 e. The number of pyridine rings is 1. The minimum atomic E-state index is -4.61. The Balaban J connectivity index is 2.31. The summed E-state index contributed by atoms with van der Waals surface area (Å²) in [7, 11) is 0. The van der Waals surface area contributed by atoms with Gasteiger partial charge in [-0.2, -0.15) is 13.9 Å². The Kier molecular flexibility index (Phi) is 7.38. The van der Waals surface area contributed by atoms with Crippen LogP contribution < -0.4 is 10.8 Å². The smallest absolute Gasteiger partial charge is 0.311 e. The number of aromatic nitrogens is 3. The van der Waals surface area contributed by atoms with Gasteiger partial charge in [-0.25, -0.2) is 19.2 Å². The molecule has 2 atom stereocenters. The Labute approximate surface area is 169 Å². The molecule has 0 aliphatic heterocycles. The van der Waals surface area contributed by atoms with Crippen LogP contribution in [0.25, 0.3) is 0 Å². The van der Waals surface area contributed by atoms with Crippen molar-refractivity contribution in [2.75, 3.05) is 5.32 Å². The molecule has 2 aromatic heterocycles. The standard InChI is InChI=1S/C18H19F4N5O3/c1-9-7-12(8-14(24-9)25-11(3)28)10(2)15(18(21,22)17(19)20)30-27-16(29)13-5-4-6-23-26-13/h4-8,10,15,17H,1-3H3,(H,27,29)(H,24,25,28). The zero-order valence-electron chi connectivity index (χ0n) is 16.2. The molecule has 2 rings (SSSR count). The van der Waals surface area contributed by atoms with Crippen molar-refractivity contribution in [3.8, 4) is 0 Å². The normalized spacial score (nSPS) is 13.6. The van der Waals surface area contributed by atoms with E-state index in [1.807, 2.05) is 0 Å². The number of hydroxylamine groups is 1. The fraction of sp³-hybridized carbons (Fsp3) is 0.389. The molecule has 0 saturated carbocycles. The number of amides is 2. The van der Waals surface area contributed by atoms with Crippen LogP contribution in [0.2, 0.25) is 0 Å². The third-order valence-electron chi connectivity index (χ3n) is 4.01. The van der Waals surface area contributed by atoms with E-state index in [0.29, 0.717) is 5.69 Å². The van der Waals surface area contributed by atoms with Crippen LogP contribution in [-0.2, 0) is 9.63 Å². The summed E-state index contributed by atoms with van der Waals surface area (Å²) < 4.78 is 54.7. The Bertz CT molecular complexity index is 899.